The van der Waals surface area contributed by atoms with Gasteiger partial charge >= 0.3 is 12.0 Å². The third-order valence-corrected chi connectivity index (χ3v) is 4.63. The van der Waals surface area contributed by atoms with Crippen LogP contribution in [0.1, 0.15) is 31.4 Å². The van der Waals surface area contributed by atoms with Crippen molar-refractivity contribution in [1.82, 2.24) is 15.5 Å². The average Bonchev–Trinajstić information content (AvgIpc) is 2.53. The molecule has 2 rings (SSSR count). The van der Waals surface area contributed by atoms with Gasteiger partial charge in [-0.15, -0.1) is 0 Å². The zero-order chi connectivity index (χ0) is 18.4. The number of hydrogen-bond donors (Lipinski definition) is 4. The lowest BCUT2D eigenvalue weighted by atomic mass is 9.85. The van der Waals surface area contributed by atoms with Gasteiger partial charge in [-0.25, -0.2) is 4.79 Å². The number of rotatable bonds is 8. The predicted molar refractivity (Wildman–Crippen MR) is 94.6 cm³/mol. The highest BCUT2D eigenvalue weighted by molar-refractivity contribution is 6.30. The first-order valence-electron chi connectivity index (χ1n) is 8.32. The molecule has 4 N–H and O–H groups in total. The Morgan fingerprint density at radius 2 is 2.12 bits per heavy atom. The number of aliphatic hydroxyl groups is 1. The van der Waals surface area contributed by atoms with Crippen molar-refractivity contribution in [3.8, 4) is 0 Å². The van der Waals surface area contributed by atoms with E-state index in [1.54, 1.807) is 24.3 Å². The van der Waals surface area contributed by atoms with Gasteiger partial charge in [-0.05, 0) is 37.1 Å². The number of amides is 2. The van der Waals surface area contributed by atoms with Gasteiger partial charge in [0.15, 0.2) is 0 Å². The van der Waals surface area contributed by atoms with Gasteiger partial charge in [0.1, 0.15) is 0 Å². The van der Waals surface area contributed by atoms with E-state index in [9.17, 15) is 14.7 Å². The minimum Gasteiger partial charge on any atom is -0.480 e. The molecular formula is C17H24ClN3O4. The molecule has 0 bridgehead atoms. The summed E-state index contributed by atoms with van der Waals surface area (Å²) in [6.07, 6.45) is 0.626. The van der Waals surface area contributed by atoms with Crippen LogP contribution < -0.4 is 10.6 Å². The summed E-state index contributed by atoms with van der Waals surface area (Å²) in [5.41, 5.74) is 0.642. The monoisotopic (exact) mass is 369 g/mol. The van der Waals surface area contributed by atoms with Gasteiger partial charge in [0.2, 0.25) is 0 Å². The Hall–Kier alpha value is -1.83. The highest BCUT2D eigenvalue weighted by Gasteiger charge is 2.34. The number of urea groups is 1. The minimum atomic E-state index is -0.842. The first-order valence-corrected chi connectivity index (χ1v) is 8.70. The normalized spacial score (nSPS) is 20.6. The molecule has 1 saturated carbocycles. The molecule has 7 nitrogen and oxygen atoms in total. The Morgan fingerprint density at radius 3 is 2.72 bits per heavy atom. The zero-order valence-electron chi connectivity index (χ0n) is 14.1. The lowest BCUT2D eigenvalue weighted by Crippen LogP contribution is -2.56. The van der Waals surface area contributed by atoms with Crippen LogP contribution in [-0.2, 0) is 4.79 Å². The fourth-order valence-corrected chi connectivity index (χ4v) is 3.13. The van der Waals surface area contributed by atoms with Gasteiger partial charge in [0.05, 0.1) is 12.6 Å². The molecular weight excluding hydrogens is 346 g/mol. The van der Waals surface area contributed by atoms with E-state index >= 15 is 0 Å². The van der Waals surface area contributed by atoms with E-state index in [0.29, 0.717) is 17.1 Å². The Labute approximate surface area is 152 Å². The quantitative estimate of drug-likeness (QED) is 0.557. The van der Waals surface area contributed by atoms with Crippen LogP contribution in [0.5, 0.6) is 0 Å². The molecule has 1 aromatic rings. The minimum absolute atomic E-state index is 0.0198. The number of aliphatic hydroxyl groups excluding tert-OH is 1. The number of carboxylic acids is 1. The number of likely N-dealkylation sites (N-methyl/N-ethyl adjacent to an activating group) is 1. The standard InChI is InChI=1S/C17H24ClN3O4/c1-2-21(10-16(23)24)14-7-13(8-14)20-17(25)19-9-15(22)11-4-3-5-12(18)6-11/h3-6,13-15,22H,2,7-10H2,1H3,(H,23,24)(H2,19,20,25). The number of nitrogens with zero attached hydrogens (tertiary/aromatic N) is 1. The maximum absolute atomic E-state index is 11.9. The Balaban J connectivity index is 1.69. The number of halogens is 1. The number of benzene rings is 1. The molecule has 0 spiro atoms. The first-order chi connectivity index (χ1) is 11.9. The Kier molecular flexibility index (Phi) is 7.04. The Morgan fingerprint density at radius 1 is 1.40 bits per heavy atom. The summed E-state index contributed by atoms with van der Waals surface area (Å²) in [5, 5.41) is 24.9. The topological polar surface area (TPSA) is 102 Å². The summed E-state index contributed by atoms with van der Waals surface area (Å²) in [4.78, 5) is 24.6. The van der Waals surface area contributed by atoms with Crippen LogP contribution in [0.3, 0.4) is 0 Å². The van der Waals surface area contributed by atoms with Crippen molar-refractivity contribution in [3.05, 3.63) is 34.9 Å². The molecule has 1 aliphatic carbocycles. The summed E-state index contributed by atoms with van der Waals surface area (Å²) in [7, 11) is 0. The van der Waals surface area contributed by atoms with Gasteiger partial charge < -0.3 is 20.8 Å². The molecule has 1 fully saturated rings. The van der Waals surface area contributed by atoms with Crippen molar-refractivity contribution in [2.75, 3.05) is 19.6 Å². The van der Waals surface area contributed by atoms with E-state index in [1.807, 2.05) is 11.8 Å². The number of aliphatic carboxylic acids is 1. The summed E-state index contributed by atoms with van der Waals surface area (Å²) in [6, 6.07) is 6.73. The highest BCUT2D eigenvalue weighted by Crippen LogP contribution is 2.25. The summed E-state index contributed by atoms with van der Waals surface area (Å²) < 4.78 is 0. The predicted octanol–water partition coefficient (Wildman–Crippen LogP) is 1.61. The second-order valence-electron chi connectivity index (χ2n) is 6.20. The summed E-state index contributed by atoms with van der Waals surface area (Å²) >= 11 is 5.88. The van der Waals surface area contributed by atoms with Gasteiger partial charge in [-0.1, -0.05) is 30.7 Å². The molecule has 1 unspecified atom stereocenters. The van der Waals surface area contributed by atoms with Crippen LogP contribution in [-0.4, -0.2) is 58.8 Å². The molecule has 1 aliphatic rings. The third-order valence-electron chi connectivity index (χ3n) is 4.40. The molecule has 0 heterocycles. The van der Waals surface area contributed by atoms with Crippen LogP contribution in [0.15, 0.2) is 24.3 Å². The molecule has 1 atom stereocenters. The highest BCUT2D eigenvalue weighted by atomic mass is 35.5. The van der Waals surface area contributed by atoms with Gasteiger partial charge in [-0.3, -0.25) is 9.69 Å². The molecule has 0 aromatic heterocycles. The molecule has 0 saturated heterocycles. The molecule has 0 aliphatic heterocycles. The lowest BCUT2D eigenvalue weighted by Gasteiger charge is -2.42. The fourth-order valence-electron chi connectivity index (χ4n) is 2.93. The second-order valence-corrected chi connectivity index (χ2v) is 6.64. The van der Waals surface area contributed by atoms with E-state index in [-0.39, 0.29) is 31.2 Å². The van der Waals surface area contributed by atoms with E-state index in [2.05, 4.69) is 10.6 Å². The van der Waals surface area contributed by atoms with Crippen molar-refractivity contribution >= 4 is 23.6 Å². The van der Waals surface area contributed by atoms with Crippen molar-refractivity contribution in [1.29, 1.82) is 0 Å². The summed E-state index contributed by atoms with van der Waals surface area (Å²) in [5.74, 6) is -0.842. The maximum atomic E-state index is 11.9. The van der Waals surface area contributed by atoms with Crippen LogP contribution in [0.25, 0.3) is 0 Å². The first kappa shape index (κ1) is 19.5. The smallest absolute Gasteiger partial charge is 0.317 e. The number of carbonyl (C=O) groups excluding carboxylic acids is 1. The molecule has 2 amide bonds. The zero-order valence-corrected chi connectivity index (χ0v) is 14.9. The van der Waals surface area contributed by atoms with E-state index < -0.39 is 12.1 Å². The van der Waals surface area contributed by atoms with E-state index in [4.69, 9.17) is 16.7 Å². The number of nitrogens with one attached hydrogen (secondary N) is 2. The van der Waals surface area contributed by atoms with Crippen molar-refractivity contribution < 1.29 is 19.8 Å². The number of carboxylic acid groups (broad SMARTS) is 1. The lowest BCUT2D eigenvalue weighted by molar-refractivity contribution is -0.139. The van der Waals surface area contributed by atoms with Gasteiger partial charge in [-0.2, -0.15) is 0 Å². The molecule has 0 radical (unpaired) electrons. The van der Waals surface area contributed by atoms with Crippen LogP contribution >= 0.6 is 11.6 Å². The molecule has 8 heteroatoms. The number of carbonyl (C=O) groups is 2. The SMILES string of the molecule is CCN(CC(=O)O)C1CC(NC(=O)NCC(O)c2cccc(Cl)c2)C1. The van der Waals surface area contributed by atoms with Gasteiger partial charge in [0.25, 0.3) is 0 Å². The Bertz CT molecular complexity index is 607. The van der Waals surface area contributed by atoms with E-state index in [1.165, 1.54) is 0 Å². The summed E-state index contributed by atoms with van der Waals surface area (Å²) in [6.45, 7) is 2.70. The van der Waals surface area contributed by atoms with Crippen molar-refractivity contribution in [2.24, 2.45) is 0 Å². The fraction of sp³-hybridized carbons (Fsp3) is 0.529. The number of hydrogen-bond acceptors (Lipinski definition) is 4. The van der Waals surface area contributed by atoms with Crippen LogP contribution in [0.4, 0.5) is 4.79 Å². The molecule has 25 heavy (non-hydrogen) atoms. The van der Waals surface area contributed by atoms with Crippen molar-refractivity contribution in [3.63, 3.8) is 0 Å². The van der Waals surface area contributed by atoms with E-state index in [0.717, 1.165) is 12.8 Å². The largest absolute Gasteiger partial charge is 0.480 e. The van der Waals surface area contributed by atoms with Crippen LogP contribution in [0, 0.1) is 0 Å². The third kappa shape index (κ3) is 5.88. The second kappa shape index (κ2) is 9.03. The van der Waals surface area contributed by atoms with Crippen molar-refractivity contribution in [2.45, 2.75) is 38.0 Å². The van der Waals surface area contributed by atoms with Gasteiger partial charge in [0, 0.05) is 23.7 Å². The van der Waals surface area contributed by atoms with Crippen LogP contribution in [0.2, 0.25) is 5.02 Å². The average molecular weight is 370 g/mol. The maximum Gasteiger partial charge on any atom is 0.317 e. The molecule has 1 aromatic carbocycles. The molecule has 138 valence electrons.